The van der Waals surface area contributed by atoms with E-state index in [-0.39, 0.29) is 33.2 Å². The second-order valence-electron chi connectivity index (χ2n) is 14.6. The Kier molecular flexibility index (Phi) is 8.05. The topological polar surface area (TPSA) is 33.5 Å². The van der Waals surface area contributed by atoms with E-state index in [1.807, 2.05) is 18.3 Å². The number of anilines is 4. The van der Waals surface area contributed by atoms with E-state index >= 15 is 0 Å². The Labute approximate surface area is 324 Å². The predicted octanol–water partition coefficient (Wildman–Crippen LogP) is 9.11. The van der Waals surface area contributed by atoms with Crippen molar-refractivity contribution in [1.29, 1.82) is 0 Å². The molecule has 0 N–H and O–H groups in total. The molecule has 0 spiro atoms. The average Bonchev–Trinajstić information content (AvgIpc) is 3.73. The molecule has 2 aliphatic rings. The van der Waals surface area contributed by atoms with Gasteiger partial charge in [0.25, 0.3) is 0 Å². The first-order chi connectivity index (χ1) is 25.4. The second-order valence-corrected chi connectivity index (χ2v) is 14.6. The Bertz CT molecular complexity index is 2650. The number of hydrogen-bond donors (Lipinski definition) is 0. The number of rotatable bonds is 5. The Morgan fingerprint density at radius 3 is 2.23 bits per heavy atom. The summed E-state index contributed by atoms with van der Waals surface area (Å²) in [5, 5.41) is 2.25. The van der Waals surface area contributed by atoms with Crippen molar-refractivity contribution in [1.82, 2.24) is 9.55 Å². The minimum atomic E-state index is -0.0115. The first-order valence-corrected chi connectivity index (χ1v) is 17.8. The number of ether oxygens (including phenoxy) is 1. The summed E-state index contributed by atoms with van der Waals surface area (Å²) in [7, 11) is 0. The minimum absolute atomic E-state index is 0. The molecule has 0 fully saturated rings. The average molecular weight is 865 g/mol. The fourth-order valence-electron chi connectivity index (χ4n) is 7.87. The van der Waals surface area contributed by atoms with Crippen LogP contribution in [0.3, 0.4) is 0 Å². The first kappa shape index (κ1) is 33.3. The first-order valence-electron chi connectivity index (χ1n) is 17.8. The fourth-order valence-corrected chi connectivity index (χ4v) is 7.87. The van der Waals surface area contributed by atoms with Gasteiger partial charge in [-0.3, -0.25) is 0 Å². The van der Waals surface area contributed by atoms with Crippen LogP contribution in [0.2, 0.25) is 0 Å². The molecular formula is C46H34BN4OPt-3. The van der Waals surface area contributed by atoms with Crippen molar-refractivity contribution >= 4 is 67.7 Å². The molecule has 2 aliphatic heterocycles. The van der Waals surface area contributed by atoms with Gasteiger partial charge in [-0.25, -0.2) is 4.98 Å². The predicted molar refractivity (Wildman–Crippen MR) is 214 cm³/mol. The van der Waals surface area contributed by atoms with E-state index in [9.17, 15) is 0 Å². The van der Waals surface area contributed by atoms with E-state index < -0.39 is 0 Å². The summed E-state index contributed by atoms with van der Waals surface area (Å²) >= 11 is 0. The van der Waals surface area contributed by atoms with Crippen LogP contribution in [0.4, 0.5) is 22.7 Å². The Morgan fingerprint density at radius 2 is 1.42 bits per heavy atom. The summed E-state index contributed by atoms with van der Waals surface area (Å²) < 4.78 is 8.87. The van der Waals surface area contributed by atoms with E-state index in [0.717, 1.165) is 44.7 Å². The van der Waals surface area contributed by atoms with E-state index in [0.29, 0.717) is 11.5 Å². The van der Waals surface area contributed by atoms with E-state index in [2.05, 4.69) is 181 Å². The van der Waals surface area contributed by atoms with Crippen molar-refractivity contribution in [3.05, 3.63) is 170 Å². The van der Waals surface area contributed by atoms with Crippen LogP contribution in [0.15, 0.2) is 146 Å². The monoisotopic (exact) mass is 864 g/mol. The van der Waals surface area contributed by atoms with Crippen molar-refractivity contribution in [2.75, 3.05) is 9.80 Å². The molecule has 0 radical (unpaired) electrons. The largest absolute Gasteiger partial charge is 0.509 e. The molecule has 53 heavy (non-hydrogen) atoms. The zero-order chi connectivity index (χ0) is 35.0. The number of pyridine rings is 1. The van der Waals surface area contributed by atoms with Gasteiger partial charge in [0.1, 0.15) is 5.82 Å². The maximum Gasteiger partial charge on any atom is 0.180 e. The minimum Gasteiger partial charge on any atom is -0.509 e. The van der Waals surface area contributed by atoms with Crippen molar-refractivity contribution in [3.8, 4) is 17.3 Å². The van der Waals surface area contributed by atoms with Gasteiger partial charge in [0.2, 0.25) is 0 Å². The SMILES string of the molecule is CC(C)(C)c1ccnc(-n2c3[c-]c(Oc4[c-]c5c(cc4)B(c4ccccc4)c4cccc6c4N5[CH-]N6c4ccccc4)ccc3c3ccccc32)c1.[Pt]. The zero-order valence-corrected chi connectivity index (χ0v) is 31.8. The van der Waals surface area contributed by atoms with Gasteiger partial charge in [0, 0.05) is 61.3 Å². The molecule has 5 nitrogen and oxygen atoms in total. The molecule has 10 rings (SSSR count). The number of fused-ring (bicyclic) bond motifs is 5. The van der Waals surface area contributed by atoms with E-state index in [1.54, 1.807) is 0 Å². The summed E-state index contributed by atoms with van der Waals surface area (Å²) in [5.74, 6) is 2.11. The van der Waals surface area contributed by atoms with Crippen LogP contribution < -0.4 is 30.9 Å². The van der Waals surface area contributed by atoms with Crippen LogP contribution in [0, 0.1) is 18.8 Å². The second kappa shape index (κ2) is 12.8. The standard InChI is InChI=1S/C46H34BN4O.Pt/c1-46(2,3)31-25-26-48-44(27-31)51-40-19-11-10-17-36(40)37-23-21-34(28-42(37)51)52-35-22-24-38-43(29-35)50-30-49(33-15-8-5-9-16-33)41-20-12-18-39(45(41)50)47(38)32-13-6-4-7-14-32;/h4-27,30H,1-3H3;/q-3;. The normalized spacial score (nSPS) is 13.2. The molecule has 8 aromatic rings. The van der Waals surface area contributed by atoms with Crippen molar-refractivity contribution in [3.63, 3.8) is 0 Å². The molecule has 2 aromatic heterocycles. The number of nitrogens with zero attached hydrogens (tertiary/aromatic N) is 4. The molecular weight excluding hydrogens is 830 g/mol. The number of benzene rings is 6. The van der Waals surface area contributed by atoms with Crippen LogP contribution >= 0.6 is 0 Å². The summed E-state index contributed by atoms with van der Waals surface area (Å²) in [6.07, 6.45) is 1.90. The van der Waals surface area contributed by atoms with E-state index in [1.165, 1.54) is 27.6 Å². The quantitative estimate of drug-likeness (QED) is 0.128. The third-order valence-corrected chi connectivity index (χ3v) is 10.4. The molecule has 4 heterocycles. The fraction of sp³-hybridized carbons (Fsp3) is 0.0870. The van der Waals surface area contributed by atoms with Crippen LogP contribution in [-0.4, -0.2) is 16.3 Å². The van der Waals surface area contributed by atoms with Crippen molar-refractivity contribution in [2.24, 2.45) is 0 Å². The number of hydrogen-bond acceptors (Lipinski definition) is 4. The van der Waals surface area contributed by atoms with Gasteiger partial charge in [-0.2, -0.15) is 12.1 Å². The molecule has 0 amide bonds. The van der Waals surface area contributed by atoms with Gasteiger partial charge in [-0.15, -0.1) is 47.5 Å². The maximum absolute atomic E-state index is 6.67. The van der Waals surface area contributed by atoms with Gasteiger partial charge in [-0.1, -0.05) is 116 Å². The van der Waals surface area contributed by atoms with Crippen LogP contribution in [0.1, 0.15) is 26.3 Å². The molecule has 0 saturated heterocycles. The van der Waals surface area contributed by atoms with Gasteiger partial charge in [-0.05, 0) is 52.8 Å². The molecule has 6 aromatic carbocycles. The number of para-hydroxylation sites is 3. The molecule has 0 unspecified atom stereocenters. The van der Waals surface area contributed by atoms with Crippen LogP contribution in [-0.2, 0) is 26.5 Å². The summed E-state index contributed by atoms with van der Waals surface area (Å²) in [6, 6.07) is 56.4. The zero-order valence-electron chi connectivity index (χ0n) is 29.5. The third kappa shape index (κ3) is 5.47. The summed E-state index contributed by atoms with van der Waals surface area (Å²) in [5.41, 5.74) is 11.3. The maximum atomic E-state index is 6.67. The van der Waals surface area contributed by atoms with Gasteiger partial charge in [0.15, 0.2) is 6.71 Å². The Balaban J connectivity index is 0.00000372. The van der Waals surface area contributed by atoms with Gasteiger partial charge in [0.05, 0.1) is 0 Å². The Hall–Kier alpha value is -5.58. The van der Waals surface area contributed by atoms with Crippen LogP contribution in [0.25, 0.3) is 27.6 Å². The van der Waals surface area contributed by atoms with Crippen molar-refractivity contribution < 1.29 is 25.8 Å². The molecule has 260 valence electrons. The smallest absolute Gasteiger partial charge is 0.180 e. The van der Waals surface area contributed by atoms with Crippen LogP contribution in [0.5, 0.6) is 11.5 Å². The Morgan fingerprint density at radius 1 is 0.679 bits per heavy atom. The number of aromatic nitrogens is 2. The molecule has 0 atom stereocenters. The van der Waals surface area contributed by atoms with Gasteiger partial charge >= 0.3 is 0 Å². The molecule has 0 saturated carbocycles. The van der Waals surface area contributed by atoms with E-state index in [4.69, 9.17) is 9.72 Å². The van der Waals surface area contributed by atoms with Gasteiger partial charge < -0.3 is 19.1 Å². The molecule has 0 aliphatic carbocycles. The summed E-state index contributed by atoms with van der Waals surface area (Å²) in [4.78, 5) is 9.38. The molecule has 7 heteroatoms. The van der Waals surface area contributed by atoms with Crippen molar-refractivity contribution in [2.45, 2.75) is 26.2 Å². The third-order valence-electron chi connectivity index (χ3n) is 10.4. The molecule has 0 bridgehead atoms. The summed E-state index contributed by atoms with van der Waals surface area (Å²) in [6.45, 7) is 8.91.